The quantitative estimate of drug-likeness (QED) is 0.667. The van der Waals surface area contributed by atoms with E-state index >= 15 is 0 Å². The normalized spacial score (nSPS) is 26.7. The molecule has 3 N–H and O–H groups in total. The van der Waals surface area contributed by atoms with Crippen LogP contribution >= 0.6 is 11.3 Å². The first-order valence-electron chi connectivity index (χ1n) is 9.53. The van der Waals surface area contributed by atoms with E-state index in [1.165, 1.54) is 11.3 Å². The number of hydrogen-bond acceptors (Lipinski definition) is 6. The Hall–Kier alpha value is -2.69. The number of benzene rings is 1. The number of H-pyrrole nitrogens is 1. The lowest BCUT2D eigenvalue weighted by atomic mass is 9.77. The van der Waals surface area contributed by atoms with Crippen molar-refractivity contribution in [2.45, 2.75) is 25.3 Å². The number of nitrogens with zero attached hydrogens (tertiary/aromatic N) is 3. The first-order chi connectivity index (χ1) is 13.4. The lowest BCUT2D eigenvalue weighted by Gasteiger charge is -2.28. The molecule has 1 aromatic carbocycles. The molecule has 2 unspecified atom stereocenters. The highest BCUT2D eigenvalue weighted by Gasteiger charge is 2.54. The van der Waals surface area contributed by atoms with Crippen molar-refractivity contribution in [2.75, 3.05) is 18.0 Å². The molecule has 0 bridgehead atoms. The predicted molar refractivity (Wildman–Crippen MR) is 108 cm³/mol. The maximum Gasteiger partial charge on any atom is 0.207 e. The van der Waals surface area contributed by atoms with E-state index in [0.717, 1.165) is 51.0 Å². The molecular weight excluding hydrogens is 370 g/mol. The number of hydrogen-bond donors (Lipinski definition) is 2. The summed E-state index contributed by atoms with van der Waals surface area (Å²) in [4.78, 5) is 24.8. The second-order valence-electron chi connectivity index (χ2n) is 8.69. The molecule has 1 aliphatic heterocycles. The number of carbonyl (C=O) groups is 1. The van der Waals surface area contributed by atoms with E-state index in [1.807, 2.05) is 12.1 Å². The number of nitrogens with two attached hydrogens (primary N) is 1. The molecular formula is C21H19N5OS. The second-order valence-corrected chi connectivity index (χ2v) is 9.66. The molecule has 3 aliphatic rings. The van der Waals surface area contributed by atoms with Gasteiger partial charge in [0.1, 0.15) is 4.88 Å². The van der Waals surface area contributed by atoms with E-state index in [0.29, 0.717) is 23.4 Å². The summed E-state index contributed by atoms with van der Waals surface area (Å²) in [5.41, 5.74) is 9.53. The van der Waals surface area contributed by atoms with Crippen LogP contribution in [0.3, 0.4) is 0 Å². The van der Waals surface area contributed by atoms with Crippen LogP contribution in [-0.2, 0) is 5.41 Å². The number of carbonyl (C=O) groups excluding carboxylic acids is 1. The minimum atomic E-state index is -0.405. The van der Waals surface area contributed by atoms with Gasteiger partial charge in [-0.1, -0.05) is 17.4 Å². The minimum Gasteiger partial charge on any atom is -0.357 e. The maximum absolute atomic E-state index is 13.4. The lowest BCUT2D eigenvalue weighted by Crippen LogP contribution is -2.30. The Labute approximate surface area is 166 Å². The van der Waals surface area contributed by atoms with E-state index in [4.69, 9.17) is 10.7 Å². The van der Waals surface area contributed by atoms with Gasteiger partial charge < -0.3 is 15.6 Å². The van der Waals surface area contributed by atoms with Crippen molar-refractivity contribution in [1.29, 1.82) is 5.26 Å². The van der Waals surface area contributed by atoms with Crippen LogP contribution in [-0.4, -0.2) is 34.9 Å². The Morgan fingerprint density at radius 2 is 2.11 bits per heavy atom. The third-order valence-corrected chi connectivity index (χ3v) is 7.84. The van der Waals surface area contributed by atoms with Gasteiger partial charge >= 0.3 is 0 Å². The summed E-state index contributed by atoms with van der Waals surface area (Å²) in [6.45, 7) is 6.10. The SMILES string of the molecule is CC1(C)c2nc(N3CC4C(N)C4C3)sc2C(=O)c2c1[nH]c1cc(C#N)ccc21. The Kier molecular flexibility index (Phi) is 2.92. The number of ketones is 1. The molecule has 6 rings (SSSR count). The van der Waals surface area contributed by atoms with Crippen LogP contribution in [0.2, 0.25) is 0 Å². The van der Waals surface area contributed by atoms with Crippen LogP contribution < -0.4 is 10.6 Å². The zero-order valence-electron chi connectivity index (χ0n) is 15.6. The largest absolute Gasteiger partial charge is 0.357 e. The van der Waals surface area contributed by atoms with Crippen LogP contribution in [0, 0.1) is 23.2 Å². The van der Waals surface area contributed by atoms with Gasteiger partial charge in [0, 0.05) is 41.1 Å². The number of thiazole rings is 1. The first-order valence-corrected chi connectivity index (χ1v) is 10.3. The number of rotatable bonds is 1. The highest BCUT2D eigenvalue weighted by Crippen LogP contribution is 2.50. The van der Waals surface area contributed by atoms with Crippen molar-refractivity contribution in [3.05, 3.63) is 45.6 Å². The molecule has 7 heteroatoms. The lowest BCUT2D eigenvalue weighted by molar-refractivity contribution is 0.103. The molecule has 2 fully saturated rings. The molecule has 3 heterocycles. The van der Waals surface area contributed by atoms with Crippen molar-refractivity contribution in [3.8, 4) is 6.07 Å². The zero-order valence-corrected chi connectivity index (χ0v) is 16.4. The monoisotopic (exact) mass is 389 g/mol. The van der Waals surface area contributed by atoms with Crippen molar-refractivity contribution in [1.82, 2.24) is 9.97 Å². The molecule has 6 nitrogen and oxygen atoms in total. The fourth-order valence-electron chi connectivity index (χ4n) is 4.95. The van der Waals surface area contributed by atoms with E-state index in [2.05, 4.69) is 29.8 Å². The van der Waals surface area contributed by atoms with Gasteiger partial charge in [0.2, 0.25) is 5.78 Å². The molecule has 0 spiro atoms. The average molecular weight is 389 g/mol. The molecule has 3 aromatic rings. The molecule has 2 atom stereocenters. The van der Waals surface area contributed by atoms with Gasteiger partial charge in [-0.3, -0.25) is 4.79 Å². The zero-order chi connectivity index (χ0) is 19.4. The molecule has 1 saturated heterocycles. The summed E-state index contributed by atoms with van der Waals surface area (Å²) in [7, 11) is 0. The van der Waals surface area contributed by atoms with Gasteiger partial charge in [-0.25, -0.2) is 4.98 Å². The molecule has 0 amide bonds. The number of nitrogens with one attached hydrogen (secondary N) is 1. The van der Waals surface area contributed by atoms with Gasteiger partial charge in [-0.05, 0) is 37.8 Å². The third kappa shape index (κ3) is 1.89. The fourth-order valence-corrected chi connectivity index (χ4v) is 6.14. The number of piperidine rings is 1. The Bertz CT molecular complexity index is 1220. The number of fused-ring (bicyclic) bond motifs is 5. The summed E-state index contributed by atoms with van der Waals surface area (Å²) in [6.07, 6.45) is 0. The Morgan fingerprint density at radius 3 is 2.82 bits per heavy atom. The highest BCUT2D eigenvalue weighted by molar-refractivity contribution is 7.18. The van der Waals surface area contributed by atoms with Gasteiger partial charge in [0.05, 0.1) is 22.9 Å². The van der Waals surface area contributed by atoms with Crippen LogP contribution in [0.5, 0.6) is 0 Å². The summed E-state index contributed by atoms with van der Waals surface area (Å²) < 4.78 is 0. The van der Waals surface area contributed by atoms with Crippen molar-refractivity contribution < 1.29 is 4.79 Å². The topological polar surface area (TPSA) is 98.8 Å². The van der Waals surface area contributed by atoms with Crippen LogP contribution in [0.1, 0.15) is 46.0 Å². The number of aromatic amines is 1. The summed E-state index contributed by atoms with van der Waals surface area (Å²) in [6, 6.07) is 7.96. The first kappa shape index (κ1) is 16.3. The fraction of sp³-hybridized carbons (Fsp3) is 0.381. The van der Waals surface area contributed by atoms with E-state index in [1.54, 1.807) is 6.07 Å². The van der Waals surface area contributed by atoms with Gasteiger partial charge in [0.25, 0.3) is 0 Å². The number of anilines is 1. The van der Waals surface area contributed by atoms with Crippen LogP contribution in [0.15, 0.2) is 18.2 Å². The Balaban J connectivity index is 1.48. The van der Waals surface area contributed by atoms with Crippen molar-refractivity contribution >= 4 is 33.2 Å². The molecule has 2 aliphatic carbocycles. The minimum absolute atomic E-state index is 0.0325. The van der Waals surface area contributed by atoms with Crippen LogP contribution in [0.4, 0.5) is 5.13 Å². The summed E-state index contributed by atoms with van der Waals surface area (Å²) >= 11 is 1.51. The third-order valence-electron chi connectivity index (χ3n) is 6.72. The second kappa shape index (κ2) is 5.02. The smallest absolute Gasteiger partial charge is 0.207 e. The summed E-state index contributed by atoms with van der Waals surface area (Å²) in [5.74, 6) is 1.19. The van der Waals surface area contributed by atoms with Crippen molar-refractivity contribution in [3.63, 3.8) is 0 Å². The molecule has 2 aromatic heterocycles. The van der Waals surface area contributed by atoms with Gasteiger partial charge in [-0.2, -0.15) is 5.26 Å². The van der Waals surface area contributed by atoms with E-state index in [-0.39, 0.29) is 5.78 Å². The van der Waals surface area contributed by atoms with Crippen LogP contribution in [0.25, 0.3) is 10.9 Å². The van der Waals surface area contributed by atoms with Gasteiger partial charge in [-0.15, -0.1) is 0 Å². The Morgan fingerprint density at radius 1 is 1.36 bits per heavy atom. The number of nitriles is 1. The average Bonchev–Trinajstić information content (AvgIpc) is 3.19. The molecule has 1 saturated carbocycles. The van der Waals surface area contributed by atoms with Gasteiger partial charge in [0.15, 0.2) is 5.13 Å². The maximum atomic E-state index is 13.4. The molecule has 28 heavy (non-hydrogen) atoms. The highest BCUT2D eigenvalue weighted by atomic mass is 32.1. The predicted octanol–water partition coefficient (Wildman–Crippen LogP) is 2.76. The van der Waals surface area contributed by atoms with E-state index < -0.39 is 5.41 Å². The van der Waals surface area contributed by atoms with E-state index in [9.17, 15) is 10.1 Å². The standard InChI is InChI=1S/C21H19N5OS/c1-21(2)18-14(10-4-3-9(6-22)5-13(10)24-18)16(27)17-19(21)25-20(28-17)26-7-11-12(8-26)15(11)23/h3-5,11-12,15,24H,7-8,23H2,1-2H3. The molecule has 0 radical (unpaired) electrons. The molecule has 140 valence electrons. The number of aromatic nitrogens is 2. The summed E-state index contributed by atoms with van der Waals surface area (Å²) in [5, 5.41) is 11.0. The van der Waals surface area contributed by atoms with Crippen molar-refractivity contribution in [2.24, 2.45) is 17.6 Å².